The quantitative estimate of drug-likeness (QED) is 0.810. The third-order valence-electron chi connectivity index (χ3n) is 3.88. The zero-order chi connectivity index (χ0) is 12.0. The average Bonchev–Trinajstić information content (AvgIpc) is 2.90. The minimum Gasteiger partial charge on any atom is -0.507 e. The van der Waals surface area contributed by atoms with Crippen LogP contribution in [0, 0.1) is 11.7 Å². The standard InChI is InChI=1S/C13H14FNO2/c14-10-2-1-3-11(16)12(10)13(17)15-7-8-4-5-9(15)6-8/h1-3,8-9,16H,4-7H2. The zero-order valence-electron chi connectivity index (χ0n) is 9.40. The van der Waals surface area contributed by atoms with E-state index in [1.54, 1.807) is 4.90 Å². The highest BCUT2D eigenvalue weighted by Crippen LogP contribution is 2.39. The van der Waals surface area contributed by atoms with Gasteiger partial charge < -0.3 is 10.0 Å². The molecule has 2 unspecified atom stereocenters. The number of benzene rings is 1. The van der Waals surface area contributed by atoms with Crippen LogP contribution in [0.25, 0.3) is 0 Å². The Labute approximate surface area is 98.9 Å². The van der Waals surface area contributed by atoms with Gasteiger partial charge in [-0.3, -0.25) is 4.79 Å². The van der Waals surface area contributed by atoms with Crippen LogP contribution in [0.1, 0.15) is 29.6 Å². The van der Waals surface area contributed by atoms with Gasteiger partial charge in [-0.1, -0.05) is 6.07 Å². The number of amides is 1. The number of rotatable bonds is 1. The Bertz CT molecular complexity index is 454. The van der Waals surface area contributed by atoms with E-state index < -0.39 is 5.82 Å². The van der Waals surface area contributed by atoms with Crippen molar-refractivity contribution in [3.8, 4) is 5.75 Å². The summed E-state index contributed by atoms with van der Waals surface area (Å²) in [6.45, 7) is 0.706. The molecule has 2 fully saturated rings. The second-order valence-corrected chi connectivity index (χ2v) is 4.92. The van der Waals surface area contributed by atoms with Crippen molar-refractivity contribution in [2.45, 2.75) is 25.3 Å². The lowest BCUT2D eigenvalue weighted by Crippen LogP contribution is -2.38. The molecule has 1 amide bonds. The maximum absolute atomic E-state index is 13.6. The molecule has 1 N–H and O–H groups in total. The van der Waals surface area contributed by atoms with E-state index in [2.05, 4.69) is 0 Å². The highest BCUT2D eigenvalue weighted by molar-refractivity contribution is 5.97. The molecule has 0 spiro atoms. The molecule has 1 aliphatic heterocycles. The third kappa shape index (κ3) is 1.59. The highest BCUT2D eigenvalue weighted by Gasteiger charge is 2.41. The van der Waals surface area contributed by atoms with Crippen LogP contribution in [0.2, 0.25) is 0 Å². The van der Waals surface area contributed by atoms with Crippen molar-refractivity contribution in [1.29, 1.82) is 0 Å². The van der Waals surface area contributed by atoms with Crippen molar-refractivity contribution in [3.63, 3.8) is 0 Å². The van der Waals surface area contributed by atoms with Crippen LogP contribution in [-0.4, -0.2) is 28.5 Å². The monoisotopic (exact) mass is 235 g/mol. The van der Waals surface area contributed by atoms with E-state index >= 15 is 0 Å². The number of phenols is 1. The van der Waals surface area contributed by atoms with Gasteiger partial charge in [0.25, 0.3) is 5.91 Å². The molecule has 1 saturated heterocycles. The third-order valence-corrected chi connectivity index (χ3v) is 3.88. The number of nitrogens with zero attached hydrogens (tertiary/aromatic N) is 1. The number of phenolic OH excluding ortho intramolecular Hbond substituents is 1. The summed E-state index contributed by atoms with van der Waals surface area (Å²) in [7, 11) is 0. The van der Waals surface area contributed by atoms with Gasteiger partial charge in [-0.05, 0) is 37.3 Å². The summed E-state index contributed by atoms with van der Waals surface area (Å²) in [4.78, 5) is 13.9. The summed E-state index contributed by atoms with van der Waals surface area (Å²) in [5, 5.41) is 9.60. The molecule has 1 aromatic rings. The van der Waals surface area contributed by atoms with E-state index in [0.717, 1.165) is 19.3 Å². The number of halogens is 1. The van der Waals surface area contributed by atoms with Gasteiger partial charge in [-0.15, -0.1) is 0 Å². The molecule has 3 rings (SSSR count). The summed E-state index contributed by atoms with van der Waals surface area (Å²) >= 11 is 0. The molecule has 0 radical (unpaired) electrons. The highest BCUT2D eigenvalue weighted by atomic mass is 19.1. The first-order valence-corrected chi connectivity index (χ1v) is 5.95. The number of hydrogen-bond acceptors (Lipinski definition) is 2. The van der Waals surface area contributed by atoms with Crippen molar-refractivity contribution < 1.29 is 14.3 Å². The fourth-order valence-corrected chi connectivity index (χ4v) is 3.04. The number of aromatic hydroxyl groups is 1. The maximum atomic E-state index is 13.6. The molecule has 1 heterocycles. The van der Waals surface area contributed by atoms with Crippen molar-refractivity contribution in [3.05, 3.63) is 29.6 Å². The molecule has 2 bridgehead atoms. The van der Waals surface area contributed by atoms with Gasteiger partial charge in [0.05, 0.1) is 0 Å². The minimum atomic E-state index is -0.641. The Morgan fingerprint density at radius 1 is 1.41 bits per heavy atom. The van der Waals surface area contributed by atoms with E-state index in [1.165, 1.54) is 18.2 Å². The minimum absolute atomic E-state index is 0.181. The average molecular weight is 235 g/mol. The van der Waals surface area contributed by atoms with Crippen LogP contribution in [-0.2, 0) is 0 Å². The summed E-state index contributed by atoms with van der Waals surface area (Å²) in [6.07, 6.45) is 3.20. The topological polar surface area (TPSA) is 40.5 Å². The number of piperidine rings is 1. The summed E-state index contributed by atoms with van der Waals surface area (Å²) in [6, 6.07) is 4.20. The van der Waals surface area contributed by atoms with Crippen molar-refractivity contribution >= 4 is 5.91 Å². The van der Waals surface area contributed by atoms with Crippen molar-refractivity contribution in [2.75, 3.05) is 6.54 Å². The van der Waals surface area contributed by atoms with Crippen LogP contribution in [0.4, 0.5) is 4.39 Å². The Morgan fingerprint density at radius 3 is 2.82 bits per heavy atom. The molecule has 3 nitrogen and oxygen atoms in total. The van der Waals surface area contributed by atoms with E-state index in [-0.39, 0.29) is 23.3 Å². The van der Waals surface area contributed by atoms with E-state index in [4.69, 9.17) is 0 Å². The zero-order valence-corrected chi connectivity index (χ0v) is 9.40. The lowest BCUT2D eigenvalue weighted by atomic mass is 10.1. The number of likely N-dealkylation sites (tertiary alicyclic amines) is 1. The van der Waals surface area contributed by atoms with Crippen molar-refractivity contribution in [2.24, 2.45) is 5.92 Å². The molecule has 1 aliphatic carbocycles. The summed E-state index contributed by atoms with van der Waals surface area (Å²) in [5.41, 5.74) is -0.181. The lowest BCUT2D eigenvalue weighted by Gasteiger charge is -2.27. The van der Waals surface area contributed by atoms with Gasteiger partial charge in [0.15, 0.2) is 0 Å². The van der Waals surface area contributed by atoms with Gasteiger partial charge in [-0.2, -0.15) is 0 Å². The molecule has 1 saturated carbocycles. The van der Waals surface area contributed by atoms with Crippen molar-refractivity contribution in [1.82, 2.24) is 4.90 Å². The number of carbonyl (C=O) groups is 1. The predicted octanol–water partition coefficient (Wildman–Crippen LogP) is 2.16. The second kappa shape index (κ2) is 3.72. The molecule has 2 aliphatic rings. The van der Waals surface area contributed by atoms with Crippen LogP contribution in [0.3, 0.4) is 0 Å². The second-order valence-electron chi connectivity index (χ2n) is 4.92. The van der Waals surface area contributed by atoms with Crippen LogP contribution in [0.5, 0.6) is 5.75 Å². The number of carbonyl (C=O) groups excluding carboxylic acids is 1. The predicted molar refractivity (Wildman–Crippen MR) is 60.2 cm³/mol. The molecule has 0 aromatic heterocycles. The van der Waals surface area contributed by atoms with Crippen LogP contribution in [0.15, 0.2) is 18.2 Å². The largest absolute Gasteiger partial charge is 0.507 e. The van der Waals surface area contributed by atoms with Gasteiger partial charge in [0.2, 0.25) is 0 Å². The fraction of sp³-hybridized carbons (Fsp3) is 0.462. The van der Waals surface area contributed by atoms with Gasteiger partial charge in [0.1, 0.15) is 17.1 Å². The summed E-state index contributed by atoms with van der Waals surface area (Å²) < 4.78 is 13.6. The number of hydrogen-bond donors (Lipinski definition) is 1. The molecular weight excluding hydrogens is 221 g/mol. The molecular formula is C13H14FNO2. The Kier molecular flexibility index (Phi) is 2.31. The normalized spacial score (nSPS) is 26.5. The fourth-order valence-electron chi connectivity index (χ4n) is 3.04. The molecule has 4 heteroatoms. The van der Waals surface area contributed by atoms with Crippen LogP contribution < -0.4 is 0 Å². The van der Waals surface area contributed by atoms with E-state index in [1.807, 2.05) is 0 Å². The lowest BCUT2D eigenvalue weighted by molar-refractivity contribution is 0.0695. The summed E-state index contributed by atoms with van der Waals surface area (Å²) in [5.74, 6) is -0.707. The van der Waals surface area contributed by atoms with E-state index in [0.29, 0.717) is 12.5 Å². The molecule has 1 aromatic carbocycles. The number of fused-ring (bicyclic) bond motifs is 2. The Hall–Kier alpha value is -1.58. The molecule has 90 valence electrons. The first-order chi connectivity index (χ1) is 8.16. The first kappa shape index (κ1) is 10.6. The van der Waals surface area contributed by atoms with Gasteiger partial charge in [0, 0.05) is 12.6 Å². The first-order valence-electron chi connectivity index (χ1n) is 5.95. The smallest absolute Gasteiger partial charge is 0.260 e. The SMILES string of the molecule is O=C(c1c(O)cccc1F)N1CC2CCC1C2. The van der Waals surface area contributed by atoms with Crippen LogP contribution >= 0.6 is 0 Å². The Balaban J connectivity index is 1.92. The van der Waals surface area contributed by atoms with Gasteiger partial charge in [-0.25, -0.2) is 4.39 Å². The molecule has 17 heavy (non-hydrogen) atoms. The van der Waals surface area contributed by atoms with E-state index in [9.17, 15) is 14.3 Å². The maximum Gasteiger partial charge on any atom is 0.260 e. The van der Waals surface area contributed by atoms with Gasteiger partial charge >= 0.3 is 0 Å². The molecule has 2 atom stereocenters. The Morgan fingerprint density at radius 2 is 2.24 bits per heavy atom.